The highest BCUT2D eigenvalue weighted by atomic mass is 16.7. The highest BCUT2D eigenvalue weighted by molar-refractivity contribution is 6.28. The third-order valence-corrected chi connectivity index (χ3v) is 5.14. The van der Waals surface area contributed by atoms with Gasteiger partial charge in [-0.25, -0.2) is 9.69 Å². The molecule has 3 amide bonds. The molecule has 3 aromatic rings. The number of rotatable bonds is 4. The molecule has 0 unspecified atom stereocenters. The van der Waals surface area contributed by atoms with Crippen molar-refractivity contribution >= 4 is 23.3 Å². The largest absolute Gasteiger partial charge is 0.454 e. The summed E-state index contributed by atoms with van der Waals surface area (Å²) in [7, 11) is 0. The van der Waals surface area contributed by atoms with Gasteiger partial charge < -0.3 is 9.47 Å². The van der Waals surface area contributed by atoms with E-state index in [0.29, 0.717) is 29.3 Å². The SMILES string of the molecule is O=C1[C@@H](Cc2ccccc2)N(c2ccc3c(c2)OCO3)C(=O)N1c1ccccc1. The molecule has 0 bridgehead atoms. The standard InChI is InChI=1S/C23H18N2O4/c26-22-19(13-16-7-3-1-4-8-16)24(18-11-12-20-21(14-18)29-15-28-20)23(27)25(22)17-9-5-2-6-10-17/h1-12,14,19H,13,15H2/t19-/m1/s1. The van der Waals surface area contributed by atoms with E-state index >= 15 is 0 Å². The van der Waals surface area contributed by atoms with Crippen molar-refractivity contribution in [3.8, 4) is 11.5 Å². The summed E-state index contributed by atoms with van der Waals surface area (Å²) in [5, 5.41) is 0. The van der Waals surface area contributed by atoms with Crippen molar-refractivity contribution in [1.29, 1.82) is 0 Å². The minimum Gasteiger partial charge on any atom is -0.454 e. The molecule has 0 aromatic heterocycles. The molecule has 6 nitrogen and oxygen atoms in total. The van der Waals surface area contributed by atoms with E-state index in [-0.39, 0.29) is 18.7 Å². The van der Waals surface area contributed by atoms with Crippen LogP contribution in [0.5, 0.6) is 11.5 Å². The van der Waals surface area contributed by atoms with E-state index in [4.69, 9.17) is 9.47 Å². The summed E-state index contributed by atoms with van der Waals surface area (Å²) in [6.07, 6.45) is 0.420. The van der Waals surface area contributed by atoms with Gasteiger partial charge in [0.05, 0.1) is 11.4 Å². The van der Waals surface area contributed by atoms with Crippen LogP contribution in [0.4, 0.5) is 16.2 Å². The fourth-order valence-corrected chi connectivity index (χ4v) is 3.75. The van der Waals surface area contributed by atoms with Crippen molar-refractivity contribution in [1.82, 2.24) is 0 Å². The summed E-state index contributed by atoms with van der Waals surface area (Å²) in [5.41, 5.74) is 2.15. The lowest BCUT2D eigenvalue weighted by Crippen LogP contribution is -2.36. The molecule has 144 valence electrons. The van der Waals surface area contributed by atoms with Gasteiger partial charge in [0.25, 0.3) is 5.91 Å². The van der Waals surface area contributed by atoms with Crippen molar-refractivity contribution < 1.29 is 19.1 Å². The fourth-order valence-electron chi connectivity index (χ4n) is 3.75. The van der Waals surface area contributed by atoms with Gasteiger partial charge in [0.15, 0.2) is 11.5 Å². The van der Waals surface area contributed by atoms with Crippen LogP contribution in [0.3, 0.4) is 0 Å². The number of ether oxygens (including phenoxy) is 2. The van der Waals surface area contributed by atoms with Gasteiger partial charge in [0, 0.05) is 12.5 Å². The summed E-state index contributed by atoms with van der Waals surface area (Å²) in [4.78, 5) is 29.5. The van der Waals surface area contributed by atoms with Crippen molar-refractivity contribution in [2.75, 3.05) is 16.6 Å². The number of urea groups is 1. The molecule has 1 atom stereocenters. The second-order valence-corrected chi connectivity index (χ2v) is 6.90. The molecule has 2 aliphatic heterocycles. The highest BCUT2D eigenvalue weighted by Crippen LogP contribution is 2.38. The van der Waals surface area contributed by atoms with Crippen molar-refractivity contribution in [3.05, 3.63) is 84.4 Å². The van der Waals surface area contributed by atoms with Gasteiger partial charge in [-0.1, -0.05) is 48.5 Å². The maximum absolute atomic E-state index is 13.4. The van der Waals surface area contributed by atoms with Gasteiger partial charge in [0.1, 0.15) is 6.04 Å². The molecule has 29 heavy (non-hydrogen) atoms. The molecule has 5 rings (SSSR count). The van der Waals surface area contributed by atoms with Crippen LogP contribution in [0.1, 0.15) is 5.56 Å². The Kier molecular flexibility index (Phi) is 4.17. The zero-order chi connectivity index (χ0) is 19.8. The minimum atomic E-state index is -0.648. The van der Waals surface area contributed by atoms with E-state index in [1.807, 2.05) is 48.5 Å². The quantitative estimate of drug-likeness (QED) is 0.636. The molecule has 0 saturated carbocycles. The topological polar surface area (TPSA) is 59.1 Å². The van der Waals surface area contributed by atoms with Crippen LogP contribution >= 0.6 is 0 Å². The average Bonchev–Trinajstić information content (AvgIpc) is 3.31. The Morgan fingerprint density at radius 1 is 0.793 bits per heavy atom. The van der Waals surface area contributed by atoms with E-state index in [9.17, 15) is 9.59 Å². The van der Waals surface area contributed by atoms with E-state index < -0.39 is 6.04 Å². The number of benzene rings is 3. The molecule has 3 aromatic carbocycles. The first kappa shape index (κ1) is 17.3. The molecule has 0 aliphatic carbocycles. The summed E-state index contributed by atoms with van der Waals surface area (Å²) in [5.74, 6) is 0.952. The minimum absolute atomic E-state index is 0.148. The molecule has 0 spiro atoms. The number of hydrogen-bond acceptors (Lipinski definition) is 4. The molecule has 2 heterocycles. The zero-order valence-electron chi connectivity index (χ0n) is 15.5. The average molecular weight is 386 g/mol. The fraction of sp³-hybridized carbons (Fsp3) is 0.130. The number of imide groups is 1. The third-order valence-electron chi connectivity index (χ3n) is 5.14. The van der Waals surface area contributed by atoms with E-state index in [2.05, 4.69) is 0 Å². The molecule has 6 heteroatoms. The van der Waals surface area contributed by atoms with E-state index in [0.717, 1.165) is 5.56 Å². The van der Waals surface area contributed by atoms with Crippen molar-refractivity contribution in [2.24, 2.45) is 0 Å². The van der Waals surface area contributed by atoms with Gasteiger partial charge >= 0.3 is 6.03 Å². The highest BCUT2D eigenvalue weighted by Gasteiger charge is 2.46. The Morgan fingerprint density at radius 3 is 2.24 bits per heavy atom. The van der Waals surface area contributed by atoms with Crippen LogP contribution in [0.25, 0.3) is 0 Å². The van der Waals surface area contributed by atoms with Gasteiger partial charge in [-0.2, -0.15) is 0 Å². The van der Waals surface area contributed by atoms with Crippen LogP contribution in [-0.2, 0) is 11.2 Å². The van der Waals surface area contributed by atoms with Gasteiger partial charge in [-0.05, 0) is 29.8 Å². The molecular weight excluding hydrogens is 368 g/mol. The summed E-state index contributed by atoms with van der Waals surface area (Å²) >= 11 is 0. The van der Waals surface area contributed by atoms with Crippen LogP contribution in [0, 0.1) is 0 Å². The molecule has 1 saturated heterocycles. The van der Waals surface area contributed by atoms with Gasteiger partial charge in [-0.15, -0.1) is 0 Å². The number of amides is 3. The first-order valence-electron chi connectivity index (χ1n) is 9.38. The number of nitrogens with zero attached hydrogens (tertiary/aromatic N) is 2. The van der Waals surface area contributed by atoms with Gasteiger partial charge in [0.2, 0.25) is 6.79 Å². The molecule has 2 aliphatic rings. The Morgan fingerprint density at radius 2 is 1.48 bits per heavy atom. The van der Waals surface area contributed by atoms with E-state index in [1.165, 1.54) is 4.90 Å². The van der Waals surface area contributed by atoms with Crippen molar-refractivity contribution in [3.63, 3.8) is 0 Å². The number of hydrogen-bond donors (Lipinski definition) is 0. The lowest BCUT2D eigenvalue weighted by atomic mass is 10.0. The zero-order valence-corrected chi connectivity index (χ0v) is 15.5. The molecule has 0 N–H and O–H groups in total. The Hall–Kier alpha value is -3.80. The van der Waals surface area contributed by atoms with Crippen LogP contribution in [0.2, 0.25) is 0 Å². The number of anilines is 2. The molecule has 1 fully saturated rings. The maximum atomic E-state index is 13.4. The first-order chi connectivity index (χ1) is 14.2. The smallest absolute Gasteiger partial charge is 0.336 e. The number of carbonyl (C=O) groups is 2. The van der Waals surface area contributed by atoms with Crippen LogP contribution in [0.15, 0.2) is 78.9 Å². The monoisotopic (exact) mass is 386 g/mol. The molecular formula is C23H18N2O4. The summed E-state index contributed by atoms with van der Waals surface area (Å²) in [6.45, 7) is 0.148. The predicted molar refractivity (Wildman–Crippen MR) is 108 cm³/mol. The first-order valence-corrected chi connectivity index (χ1v) is 9.38. The Bertz CT molecular complexity index is 1070. The summed E-state index contributed by atoms with van der Waals surface area (Å²) in [6, 6.07) is 23.0. The lowest BCUT2D eigenvalue weighted by molar-refractivity contribution is -0.117. The van der Waals surface area contributed by atoms with E-state index in [1.54, 1.807) is 35.2 Å². The molecule has 0 radical (unpaired) electrons. The third kappa shape index (κ3) is 2.99. The van der Waals surface area contributed by atoms with Crippen molar-refractivity contribution in [2.45, 2.75) is 12.5 Å². The van der Waals surface area contributed by atoms with Crippen LogP contribution < -0.4 is 19.3 Å². The van der Waals surface area contributed by atoms with Gasteiger partial charge in [-0.3, -0.25) is 9.69 Å². The van der Waals surface area contributed by atoms with Crippen LogP contribution in [-0.4, -0.2) is 24.8 Å². The maximum Gasteiger partial charge on any atom is 0.336 e. The number of carbonyl (C=O) groups excluding carboxylic acids is 2. The second-order valence-electron chi connectivity index (χ2n) is 6.90. The number of para-hydroxylation sites is 1. The number of fused-ring (bicyclic) bond motifs is 1. The summed E-state index contributed by atoms with van der Waals surface area (Å²) < 4.78 is 10.8. The predicted octanol–water partition coefficient (Wildman–Crippen LogP) is 4.00. The Balaban J connectivity index is 1.57. The normalized spacial score (nSPS) is 17.9. The lowest BCUT2D eigenvalue weighted by Gasteiger charge is -2.22. The second kappa shape index (κ2) is 6.98. The Labute approximate surface area is 167 Å².